The van der Waals surface area contributed by atoms with Crippen molar-refractivity contribution in [2.24, 2.45) is 0 Å². The van der Waals surface area contributed by atoms with E-state index in [2.05, 4.69) is 6.58 Å². The first-order valence-corrected chi connectivity index (χ1v) is 4.00. The summed E-state index contributed by atoms with van der Waals surface area (Å²) in [6, 6.07) is 0. The van der Waals surface area contributed by atoms with Gasteiger partial charge in [0.05, 0.1) is 0 Å². The molecule has 0 spiro atoms. The number of ether oxygens (including phenoxy) is 1. The van der Waals surface area contributed by atoms with E-state index in [9.17, 15) is 9.59 Å². The van der Waals surface area contributed by atoms with Crippen LogP contribution in [0.5, 0.6) is 0 Å². The molecule has 0 amide bonds. The van der Waals surface area contributed by atoms with E-state index in [1.54, 1.807) is 6.92 Å². The van der Waals surface area contributed by atoms with Crippen LogP contribution in [0.1, 0.15) is 26.2 Å². The van der Waals surface area contributed by atoms with Crippen molar-refractivity contribution in [1.82, 2.24) is 0 Å². The normalized spacial score (nSPS) is 22.4. The van der Waals surface area contributed by atoms with Crippen molar-refractivity contribution in [3.8, 4) is 0 Å². The van der Waals surface area contributed by atoms with Gasteiger partial charge in [-0.05, 0) is 19.8 Å². The van der Waals surface area contributed by atoms with Gasteiger partial charge < -0.3 is 4.74 Å². The van der Waals surface area contributed by atoms with Crippen LogP contribution in [0.25, 0.3) is 0 Å². The summed E-state index contributed by atoms with van der Waals surface area (Å²) in [5.41, 5.74) is 0.342. The van der Waals surface area contributed by atoms with E-state index < -0.39 is 12.1 Å². The second kappa shape index (κ2) is 3.52. The molecule has 1 aliphatic carbocycles. The SMILES string of the molecule is C=C(C)C(=O)OC1CCCC1=O. The fourth-order valence-electron chi connectivity index (χ4n) is 1.14. The van der Waals surface area contributed by atoms with Gasteiger partial charge in [-0.15, -0.1) is 0 Å². The van der Waals surface area contributed by atoms with Crippen LogP contribution in [0.4, 0.5) is 0 Å². The highest BCUT2D eigenvalue weighted by molar-refractivity contribution is 5.92. The van der Waals surface area contributed by atoms with Gasteiger partial charge in [0.1, 0.15) is 0 Å². The summed E-state index contributed by atoms with van der Waals surface area (Å²) in [4.78, 5) is 22.0. The summed E-state index contributed by atoms with van der Waals surface area (Å²) < 4.78 is 4.90. The molecule has 0 radical (unpaired) electrons. The third-order valence-corrected chi connectivity index (χ3v) is 1.85. The number of esters is 1. The molecule has 1 unspecified atom stereocenters. The van der Waals surface area contributed by atoms with Crippen molar-refractivity contribution < 1.29 is 14.3 Å². The van der Waals surface area contributed by atoms with Crippen LogP contribution in [-0.2, 0) is 14.3 Å². The van der Waals surface area contributed by atoms with Crippen LogP contribution in [0.2, 0.25) is 0 Å². The van der Waals surface area contributed by atoms with Crippen molar-refractivity contribution in [2.75, 3.05) is 0 Å². The molecule has 0 aromatic carbocycles. The quantitative estimate of drug-likeness (QED) is 0.460. The number of ketones is 1. The Labute approximate surface area is 71.4 Å². The number of carbonyl (C=O) groups is 2. The minimum Gasteiger partial charge on any atom is -0.451 e. The maximum Gasteiger partial charge on any atom is 0.333 e. The Morgan fingerprint density at radius 1 is 1.67 bits per heavy atom. The van der Waals surface area contributed by atoms with Crippen LogP contribution >= 0.6 is 0 Å². The minimum absolute atomic E-state index is 0.0320. The summed E-state index contributed by atoms with van der Waals surface area (Å²) in [7, 11) is 0. The smallest absolute Gasteiger partial charge is 0.333 e. The summed E-state index contributed by atoms with van der Waals surface area (Å²) in [5.74, 6) is -0.431. The molecule has 3 heteroatoms. The fourth-order valence-corrected chi connectivity index (χ4v) is 1.14. The van der Waals surface area contributed by atoms with E-state index >= 15 is 0 Å². The van der Waals surface area contributed by atoms with E-state index in [-0.39, 0.29) is 5.78 Å². The zero-order valence-electron chi connectivity index (χ0n) is 7.13. The van der Waals surface area contributed by atoms with Gasteiger partial charge in [0.15, 0.2) is 11.9 Å². The number of hydrogen-bond donors (Lipinski definition) is 0. The number of carbonyl (C=O) groups excluding carboxylic acids is 2. The molecule has 12 heavy (non-hydrogen) atoms. The second-order valence-electron chi connectivity index (χ2n) is 3.03. The van der Waals surface area contributed by atoms with Gasteiger partial charge in [-0.25, -0.2) is 4.79 Å². The molecule has 0 heterocycles. The lowest BCUT2D eigenvalue weighted by atomic mass is 10.3. The summed E-state index contributed by atoms with van der Waals surface area (Å²) in [5, 5.41) is 0. The zero-order chi connectivity index (χ0) is 9.14. The Bertz CT molecular complexity index is 230. The molecule has 3 nitrogen and oxygen atoms in total. The van der Waals surface area contributed by atoms with E-state index in [1.165, 1.54) is 0 Å². The van der Waals surface area contributed by atoms with Gasteiger partial charge in [0.25, 0.3) is 0 Å². The predicted molar refractivity (Wildman–Crippen MR) is 43.6 cm³/mol. The van der Waals surface area contributed by atoms with Crippen LogP contribution in [-0.4, -0.2) is 17.9 Å². The highest BCUT2D eigenvalue weighted by Crippen LogP contribution is 2.18. The first kappa shape index (κ1) is 8.97. The molecule has 0 saturated heterocycles. The first-order chi connectivity index (χ1) is 5.61. The molecule has 0 aliphatic heterocycles. The van der Waals surface area contributed by atoms with E-state index in [0.717, 1.165) is 6.42 Å². The highest BCUT2D eigenvalue weighted by Gasteiger charge is 2.27. The Morgan fingerprint density at radius 2 is 2.33 bits per heavy atom. The lowest BCUT2D eigenvalue weighted by molar-refractivity contribution is -0.149. The molecule has 1 atom stereocenters. The standard InChI is InChI=1S/C9H12O3/c1-6(2)9(11)12-8-5-3-4-7(8)10/h8H,1,3-5H2,2H3. The molecule has 1 rings (SSSR count). The van der Waals surface area contributed by atoms with Crippen LogP contribution < -0.4 is 0 Å². The predicted octanol–water partition coefficient (Wildman–Crippen LogP) is 1.23. The maximum absolute atomic E-state index is 11.0. The topological polar surface area (TPSA) is 43.4 Å². The minimum atomic E-state index is -0.505. The first-order valence-electron chi connectivity index (χ1n) is 4.00. The molecule has 0 aromatic heterocycles. The molecular formula is C9H12O3. The van der Waals surface area contributed by atoms with Crippen LogP contribution in [0, 0.1) is 0 Å². The van der Waals surface area contributed by atoms with Gasteiger partial charge >= 0.3 is 5.97 Å². The van der Waals surface area contributed by atoms with E-state index in [4.69, 9.17) is 4.74 Å². The Kier molecular flexibility index (Phi) is 2.63. The van der Waals surface area contributed by atoms with Crippen LogP contribution in [0.3, 0.4) is 0 Å². The number of rotatable bonds is 2. The molecule has 0 aromatic rings. The van der Waals surface area contributed by atoms with Gasteiger partial charge in [-0.2, -0.15) is 0 Å². The Balaban J connectivity index is 2.46. The third-order valence-electron chi connectivity index (χ3n) is 1.85. The average molecular weight is 168 g/mol. The Hall–Kier alpha value is -1.12. The summed E-state index contributed by atoms with van der Waals surface area (Å²) in [6.07, 6.45) is 1.52. The van der Waals surface area contributed by atoms with Crippen molar-refractivity contribution in [2.45, 2.75) is 32.3 Å². The lowest BCUT2D eigenvalue weighted by Gasteiger charge is -2.09. The number of Topliss-reactive ketones (excluding diaryl/α,β-unsaturated/α-hetero) is 1. The molecule has 1 saturated carbocycles. The van der Waals surface area contributed by atoms with Crippen molar-refractivity contribution >= 4 is 11.8 Å². The molecule has 0 bridgehead atoms. The summed E-state index contributed by atoms with van der Waals surface area (Å²) in [6.45, 7) is 5.01. The lowest BCUT2D eigenvalue weighted by Crippen LogP contribution is -2.22. The molecule has 1 aliphatic rings. The molecule has 1 fully saturated rings. The maximum atomic E-state index is 11.0. The van der Waals surface area contributed by atoms with Gasteiger partial charge in [-0.1, -0.05) is 6.58 Å². The molecule has 0 N–H and O–H groups in total. The highest BCUT2D eigenvalue weighted by atomic mass is 16.5. The van der Waals surface area contributed by atoms with Crippen molar-refractivity contribution in [3.05, 3.63) is 12.2 Å². The van der Waals surface area contributed by atoms with Crippen LogP contribution in [0.15, 0.2) is 12.2 Å². The largest absolute Gasteiger partial charge is 0.451 e. The third kappa shape index (κ3) is 1.94. The fraction of sp³-hybridized carbons (Fsp3) is 0.556. The summed E-state index contributed by atoms with van der Waals surface area (Å²) >= 11 is 0. The molecular weight excluding hydrogens is 156 g/mol. The van der Waals surface area contributed by atoms with E-state index in [0.29, 0.717) is 18.4 Å². The zero-order valence-corrected chi connectivity index (χ0v) is 7.13. The van der Waals surface area contributed by atoms with Gasteiger partial charge in [0, 0.05) is 12.0 Å². The monoisotopic (exact) mass is 168 g/mol. The molecule has 66 valence electrons. The second-order valence-corrected chi connectivity index (χ2v) is 3.03. The van der Waals surface area contributed by atoms with Gasteiger partial charge in [0.2, 0.25) is 0 Å². The Morgan fingerprint density at radius 3 is 2.75 bits per heavy atom. The van der Waals surface area contributed by atoms with Gasteiger partial charge in [-0.3, -0.25) is 4.79 Å². The van der Waals surface area contributed by atoms with Crippen molar-refractivity contribution in [3.63, 3.8) is 0 Å². The average Bonchev–Trinajstić information content (AvgIpc) is 2.36. The van der Waals surface area contributed by atoms with Crippen molar-refractivity contribution in [1.29, 1.82) is 0 Å². The number of hydrogen-bond acceptors (Lipinski definition) is 3. The van der Waals surface area contributed by atoms with E-state index in [1.807, 2.05) is 0 Å².